The van der Waals surface area contributed by atoms with Crippen LogP contribution in [0.1, 0.15) is 78.1 Å². The highest BCUT2D eigenvalue weighted by molar-refractivity contribution is 7.85. The van der Waals surface area contributed by atoms with E-state index in [1.165, 1.54) is 44.9 Å². The normalized spacial score (nSPS) is 14.1. The molecule has 0 heterocycles. The topological polar surface area (TPSA) is 57.2 Å². The van der Waals surface area contributed by atoms with E-state index in [2.05, 4.69) is 58.8 Å². The molecule has 0 spiro atoms. The molecular weight excluding hydrogens is 382 g/mol. The lowest BCUT2D eigenvalue weighted by atomic mass is 9.98. The van der Waals surface area contributed by atoms with Crippen LogP contribution in [0.15, 0.2) is 36.5 Å². The van der Waals surface area contributed by atoms with E-state index in [0.29, 0.717) is 18.9 Å². The summed E-state index contributed by atoms with van der Waals surface area (Å²) in [4.78, 5) is 0. The highest BCUT2D eigenvalue weighted by Gasteiger charge is 2.17. The van der Waals surface area contributed by atoms with Gasteiger partial charge in [-0.25, -0.2) is 8.42 Å². The molecule has 0 aliphatic rings. The van der Waals surface area contributed by atoms with Crippen molar-refractivity contribution in [2.75, 3.05) is 32.9 Å². The zero-order valence-electron chi connectivity index (χ0n) is 19.4. The molecule has 0 rings (SSSR count). The van der Waals surface area contributed by atoms with Crippen LogP contribution in [0.4, 0.5) is 0 Å². The number of nitrogens with zero attached hydrogens (tertiary/aromatic N) is 1. The number of allylic oxidation sites excluding steroid dienone is 5. The van der Waals surface area contributed by atoms with E-state index in [-0.39, 0.29) is 5.75 Å². The van der Waals surface area contributed by atoms with Crippen molar-refractivity contribution in [3.63, 3.8) is 0 Å². The van der Waals surface area contributed by atoms with Crippen LogP contribution in [0, 0.1) is 5.92 Å². The maximum atomic E-state index is 10.7. The lowest BCUT2D eigenvalue weighted by Gasteiger charge is -2.31. The summed E-state index contributed by atoms with van der Waals surface area (Å²) in [7, 11) is 0.0508. The Labute approximate surface area is 181 Å². The Morgan fingerprint density at radius 2 is 1.62 bits per heavy atom. The fourth-order valence-electron chi connectivity index (χ4n) is 3.25. The molecule has 0 saturated carbocycles. The first-order chi connectivity index (χ1) is 13.6. The highest BCUT2D eigenvalue weighted by atomic mass is 32.2. The molecule has 5 heteroatoms. The van der Waals surface area contributed by atoms with Crippen molar-refractivity contribution in [1.82, 2.24) is 0 Å². The summed E-state index contributed by atoms with van der Waals surface area (Å²) < 4.78 is 32.9. The molecule has 0 bridgehead atoms. The summed E-state index contributed by atoms with van der Waals surface area (Å²) in [5.41, 5.74) is 1.12. The standard InChI is InChI=1S/C24H45NO3S/c1-6-7-8-9-10-11-12-13-14-15-16-18-23(2)24(3)19-21-25(4,5)20-17-22-29(26,27)28/h14-16,18,24H,2,6-13,17,19-22H2,1,3-5H3. The van der Waals surface area contributed by atoms with E-state index in [9.17, 15) is 13.0 Å². The second kappa shape index (κ2) is 15.9. The molecule has 0 saturated heterocycles. The van der Waals surface area contributed by atoms with Gasteiger partial charge in [-0.05, 0) is 18.8 Å². The van der Waals surface area contributed by atoms with E-state index < -0.39 is 10.1 Å². The van der Waals surface area contributed by atoms with Gasteiger partial charge in [-0.2, -0.15) is 0 Å². The first-order valence-corrected chi connectivity index (χ1v) is 12.9. The number of hydrogen-bond acceptors (Lipinski definition) is 3. The van der Waals surface area contributed by atoms with Crippen molar-refractivity contribution in [2.45, 2.75) is 78.1 Å². The third-order valence-electron chi connectivity index (χ3n) is 5.49. The third-order valence-corrected chi connectivity index (χ3v) is 6.28. The molecule has 0 aliphatic carbocycles. The Morgan fingerprint density at radius 1 is 1.00 bits per heavy atom. The molecule has 29 heavy (non-hydrogen) atoms. The lowest BCUT2D eigenvalue weighted by molar-refractivity contribution is -0.890. The number of hydrogen-bond donors (Lipinski definition) is 0. The molecule has 0 fully saturated rings. The molecule has 4 nitrogen and oxygen atoms in total. The minimum Gasteiger partial charge on any atom is -0.748 e. The quantitative estimate of drug-likeness (QED) is 0.120. The van der Waals surface area contributed by atoms with Crippen molar-refractivity contribution < 1.29 is 17.5 Å². The van der Waals surface area contributed by atoms with Gasteiger partial charge in [0.2, 0.25) is 0 Å². The summed E-state index contributed by atoms with van der Waals surface area (Å²) >= 11 is 0. The zero-order valence-corrected chi connectivity index (χ0v) is 20.2. The van der Waals surface area contributed by atoms with E-state index in [1.807, 2.05) is 0 Å². The average molecular weight is 428 g/mol. The van der Waals surface area contributed by atoms with Gasteiger partial charge in [-0.3, -0.25) is 0 Å². The van der Waals surface area contributed by atoms with Crippen LogP contribution in [0.2, 0.25) is 0 Å². The second-order valence-electron chi connectivity index (χ2n) is 8.96. The molecule has 170 valence electrons. The van der Waals surface area contributed by atoms with Crippen LogP contribution >= 0.6 is 0 Å². The van der Waals surface area contributed by atoms with Crippen molar-refractivity contribution in [1.29, 1.82) is 0 Å². The van der Waals surface area contributed by atoms with Gasteiger partial charge >= 0.3 is 0 Å². The van der Waals surface area contributed by atoms with Crippen LogP contribution in [0.25, 0.3) is 0 Å². The summed E-state index contributed by atoms with van der Waals surface area (Å²) in [5, 5.41) is 0. The smallest absolute Gasteiger partial charge is 0.0948 e. The Morgan fingerprint density at radius 3 is 2.24 bits per heavy atom. The van der Waals surface area contributed by atoms with Gasteiger partial charge in [-0.15, -0.1) is 0 Å². The van der Waals surface area contributed by atoms with Gasteiger partial charge in [-0.1, -0.05) is 88.8 Å². The molecule has 0 radical (unpaired) electrons. The molecular formula is C24H45NO3S. The molecule has 0 aromatic rings. The van der Waals surface area contributed by atoms with Crippen LogP contribution in [0.3, 0.4) is 0 Å². The van der Waals surface area contributed by atoms with Gasteiger partial charge in [0.25, 0.3) is 0 Å². The van der Waals surface area contributed by atoms with Gasteiger partial charge in [0.1, 0.15) is 0 Å². The summed E-state index contributed by atoms with van der Waals surface area (Å²) in [6, 6.07) is 0. The first-order valence-electron chi connectivity index (χ1n) is 11.3. The predicted octanol–water partition coefficient (Wildman–Crippen LogP) is 5.83. The Bertz CT molecular complexity index is 591. The van der Waals surface area contributed by atoms with E-state index in [0.717, 1.165) is 29.4 Å². The molecule has 0 aromatic carbocycles. The van der Waals surface area contributed by atoms with Crippen LogP contribution in [-0.4, -0.2) is 50.4 Å². The molecule has 1 unspecified atom stereocenters. The van der Waals surface area contributed by atoms with Gasteiger partial charge in [0.15, 0.2) is 0 Å². The number of quaternary nitrogens is 1. The molecule has 1 atom stereocenters. The van der Waals surface area contributed by atoms with Gasteiger partial charge in [0, 0.05) is 18.6 Å². The molecule has 0 amide bonds. The lowest BCUT2D eigenvalue weighted by Crippen LogP contribution is -2.42. The summed E-state index contributed by atoms with van der Waals surface area (Å²) in [6.07, 6.45) is 20.5. The molecule has 0 aliphatic heterocycles. The van der Waals surface area contributed by atoms with E-state index in [4.69, 9.17) is 0 Å². The fraction of sp³-hybridized carbons (Fsp3) is 0.750. The van der Waals surface area contributed by atoms with Crippen molar-refractivity contribution in [2.24, 2.45) is 5.92 Å². The number of rotatable bonds is 18. The minimum atomic E-state index is -4.11. The van der Waals surface area contributed by atoms with E-state index in [1.54, 1.807) is 0 Å². The second-order valence-corrected chi connectivity index (χ2v) is 10.5. The van der Waals surface area contributed by atoms with Gasteiger partial charge < -0.3 is 9.04 Å². The number of unbranched alkanes of at least 4 members (excludes halogenated alkanes) is 7. The molecule has 0 aromatic heterocycles. The van der Waals surface area contributed by atoms with Crippen LogP contribution in [-0.2, 0) is 10.1 Å². The van der Waals surface area contributed by atoms with E-state index >= 15 is 0 Å². The van der Waals surface area contributed by atoms with Crippen molar-refractivity contribution >= 4 is 10.1 Å². The zero-order chi connectivity index (χ0) is 22.2. The summed E-state index contributed by atoms with van der Waals surface area (Å²) in [5.74, 6) is 0.105. The Kier molecular flexibility index (Phi) is 15.4. The van der Waals surface area contributed by atoms with Crippen LogP contribution in [0.5, 0.6) is 0 Å². The van der Waals surface area contributed by atoms with Gasteiger partial charge in [0.05, 0.1) is 37.3 Å². The maximum Gasteiger partial charge on any atom is 0.0948 e. The fourth-order valence-corrected chi connectivity index (χ4v) is 3.73. The molecule has 0 N–H and O–H groups in total. The third kappa shape index (κ3) is 18.8. The SMILES string of the molecule is C=C(C=CC=CCCCCCCCCC)C(C)CC[N+](C)(C)CCCS(=O)(=O)[O-]. The Balaban J connectivity index is 3.96. The predicted molar refractivity (Wildman–Crippen MR) is 125 cm³/mol. The largest absolute Gasteiger partial charge is 0.748 e. The summed E-state index contributed by atoms with van der Waals surface area (Å²) in [6.45, 7) is 10.2. The highest BCUT2D eigenvalue weighted by Crippen LogP contribution is 2.17. The minimum absolute atomic E-state index is 0.273. The maximum absolute atomic E-state index is 10.7. The van der Waals surface area contributed by atoms with Crippen molar-refractivity contribution in [3.05, 3.63) is 36.5 Å². The van der Waals surface area contributed by atoms with Crippen LogP contribution < -0.4 is 0 Å². The monoisotopic (exact) mass is 427 g/mol. The first kappa shape index (κ1) is 28.1. The van der Waals surface area contributed by atoms with Crippen molar-refractivity contribution in [3.8, 4) is 0 Å². The Hall–Kier alpha value is -0.910. The average Bonchev–Trinajstić information content (AvgIpc) is 2.62.